The average molecular weight is 353 g/mol. The van der Waals surface area contributed by atoms with Gasteiger partial charge in [-0.2, -0.15) is 13.2 Å². The van der Waals surface area contributed by atoms with Gasteiger partial charge in [0.25, 0.3) is 5.82 Å². The summed E-state index contributed by atoms with van der Waals surface area (Å²) in [7, 11) is 0. The zero-order valence-electron chi connectivity index (χ0n) is 9.65. The van der Waals surface area contributed by atoms with Crippen LogP contribution in [0.3, 0.4) is 0 Å². The van der Waals surface area contributed by atoms with Gasteiger partial charge in [-0.1, -0.05) is 6.07 Å². The molecule has 2 aromatic rings. The highest BCUT2D eigenvalue weighted by molar-refractivity contribution is 9.10. The van der Waals surface area contributed by atoms with Crippen LogP contribution >= 0.6 is 27.7 Å². The minimum atomic E-state index is -4.56. The quantitative estimate of drug-likeness (QED) is 0.795. The summed E-state index contributed by atoms with van der Waals surface area (Å²) >= 11 is 4.91. The van der Waals surface area contributed by atoms with Crippen molar-refractivity contribution in [1.29, 1.82) is 0 Å². The lowest BCUT2D eigenvalue weighted by Gasteiger charge is -2.08. The minimum Gasteiger partial charge on any atom is -0.217 e. The number of thioether (sulfide) groups is 1. The summed E-state index contributed by atoms with van der Waals surface area (Å²) in [6.45, 7) is -0.0326. The highest BCUT2D eigenvalue weighted by Crippen LogP contribution is 2.29. The lowest BCUT2D eigenvalue weighted by atomic mass is 10.2. The van der Waals surface area contributed by atoms with Crippen molar-refractivity contribution >= 4 is 27.7 Å². The second-order valence-corrected chi connectivity index (χ2v) is 5.33. The van der Waals surface area contributed by atoms with Gasteiger partial charge in [0.1, 0.15) is 0 Å². The standard InChI is InChI=1S/C10H8BrF3N4S/c1-19-8-3-2-6(4-7(8)11)5-18-9(10(12,13)14)15-16-17-18/h2-4H,5H2,1H3. The summed E-state index contributed by atoms with van der Waals surface area (Å²) < 4.78 is 39.4. The summed E-state index contributed by atoms with van der Waals surface area (Å²) in [5, 5.41) is 9.43. The van der Waals surface area contributed by atoms with E-state index in [9.17, 15) is 13.2 Å². The number of tetrazole rings is 1. The Kier molecular flexibility index (Phi) is 4.14. The normalized spacial score (nSPS) is 11.8. The molecular formula is C10H8BrF3N4S. The van der Waals surface area contributed by atoms with Crippen molar-refractivity contribution in [2.45, 2.75) is 17.6 Å². The van der Waals surface area contributed by atoms with E-state index in [1.807, 2.05) is 12.3 Å². The molecule has 19 heavy (non-hydrogen) atoms. The van der Waals surface area contributed by atoms with Crippen LogP contribution < -0.4 is 0 Å². The van der Waals surface area contributed by atoms with Crippen LogP contribution in [0.4, 0.5) is 13.2 Å². The molecule has 0 unspecified atom stereocenters. The Morgan fingerprint density at radius 3 is 2.68 bits per heavy atom. The molecule has 0 radical (unpaired) electrons. The predicted molar refractivity (Wildman–Crippen MR) is 67.8 cm³/mol. The minimum absolute atomic E-state index is 0.0326. The third-order valence-corrected chi connectivity index (χ3v) is 4.05. The van der Waals surface area contributed by atoms with Gasteiger partial charge in [0.2, 0.25) is 0 Å². The summed E-state index contributed by atoms with van der Waals surface area (Å²) in [4.78, 5) is 1.01. The van der Waals surface area contributed by atoms with Gasteiger partial charge in [0.05, 0.1) is 6.54 Å². The molecule has 0 atom stereocenters. The van der Waals surface area contributed by atoms with Crippen LogP contribution in [0.5, 0.6) is 0 Å². The molecule has 0 amide bonds. The molecule has 0 fully saturated rings. The van der Waals surface area contributed by atoms with E-state index in [0.717, 1.165) is 14.1 Å². The summed E-state index contributed by atoms with van der Waals surface area (Å²) in [6, 6.07) is 5.34. The maximum absolute atomic E-state index is 12.6. The molecule has 1 aromatic carbocycles. The SMILES string of the molecule is CSc1ccc(Cn2nnnc2C(F)(F)F)cc1Br. The van der Waals surface area contributed by atoms with Crippen molar-refractivity contribution in [3.63, 3.8) is 0 Å². The third-order valence-electron chi connectivity index (χ3n) is 2.33. The van der Waals surface area contributed by atoms with E-state index >= 15 is 0 Å². The number of nitrogens with zero attached hydrogens (tertiary/aromatic N) is 4. The molecule has 0 N–H and O–H groups in total. The molecular weight excluding hydrogens is 345 g/mol. The molecule has 9 heteroatoms. The van der Waals surface area contributed by atoms with Gasteiger partial charge in [-0.3, -0.25) is 0 Å². The number of aromatic nitrogens is 4. The van der Waals surface area contributed by atoms with E-state index in [1.165, 1.54) is 0 Å². The molecule has 0 aliphatic carbocycles. The summed E-state index contributed by atoms with van der Waals surface area (Å²) in [6.07, 6.45) is -2.64. The van der Waals surface area contributed by atoms with Crippen LogP contribution in [0, 0.1) is 0 Å². The first kappa shape index (κ1) is 14.3. The molecule has 1 heterocycles. The van der Waals surface area contributed by atoms with Crippen LogP contribution in [0.2, 0.25) is 0 Å². The molecule has 0 bridgehead atoms. The smallest absolute Gasteiger partial charge is 0.217 e. The average Bonchev–Trinajstić information content (AvgIpc) is 2.77. The lowest BCUT2D eigenvalue weighted by Crippen LogP contribution is -2.16. The van der Waals surface area contributed by atoms with Gasteiger partial charge in [0.15, 0.2) is 0 Å². The first-order valence-corrected chi connectivity index (χ1v) is 7.09. The molecule has 0 aliphatic rings. The molecule has 1 aromatic heterocycles. The van der Waals surface area contributed by atoms with Crippen molar-refractivity contribution in [2.75, 3.05) is 6.26 Å². The fraction of sp³-hybridized carbons (Fsp3) is 0.300. The van der Waals surface area contributed by atoms with E-state index in [0.29, 0.717) is 5.56 Å². The number of benzene rings is 1. The number of rotatable bonds is 3. The molecule has 0 saturated carbocycles. The van der Waals surface area contributed by atoms with Gasteiger partial charge in [-0.15, -0.1) is 16.9 Å². The maximum Gasteiger partial charge on any atom is 0.453 e. The molecule has 2 rings (SSSR count). The van der Waals surface area contributed by atoms with E-state index < -0.39 is 12.0 Å². The highest BCUT2D eigenvalue weighted by Gasteiger charge is 2.37. The van der Waals surface area contributed by atoms with Crippen LogP contribution in [0.1, 0.15) is 11.4 Å². The van der Waals surface area contributed by atoms with Gasteiger partial charge in [0, 0.05) is 9.37 Å². The number of alkyl halides is 3. The van der Waals surface area contributed by atoms with Crippen molar-refractivity contribution in [1.82, 2.24) is 20.2 Å². The van der Waals surface area contributed by atoms with Crippen molar-refractivity contribution in [2.24, 2.45) is 0 Å². The monoisotopic (exact) mass is 352 g/mol. The van der Waals surface area contributed by atoms with E-state index in [2.05, 4.69) is 31.5 Å². The van der Waals surface area contributed by atoms with E-state index in [1.54, 1.807) is 23.9 Å². The predicted octanol–water partition coefficient (Wildman–Crippen LogP) is 3.22. The van der Waals surface area contributed by atoms with Gasteiger partial charge < -0.3 is 0 Å². The van der Waals surface area contributed by atoms with E-state index in [-0.39, 0.29) is 6.54 Å². The number of hydrogen-bond acceptors (Lipinski definition) is 4. The molecule has 102 valence electrons. The van der Waals surface area contributed by atoms with Crippen molar-refractivity contribution in [3.05, 3.63) is 34.1 Å². The Morgan fingerprint density at radius 2 is 2.11 bits per heavy atom. The topological polar surface area (TPSA) is 43.6 Å². The Morgan fingerprint density at radius 1 is 1.37 bits per heavy atom. The Labute approximate surface area is 119 Å². The van der Waals surface area contributed by atoms with E-state index in [4.69, 9.17) is 0 Å². The van der Waals surface area contributed by atoms with Gasteiger partial charge in [-0.05, 0) is 50.3 Å². The van der Waals surface area contributed by atoms with Crippen molar-refractivity contribution in [3.8, 4) is 0 Å². The van der Waals surface area contributed by atoms with Crippen LogP contribution in [-0.4, -0.2) is 26.5 Å². The largest absolute Gasteiger partial charge is 0.453 e. The Hall–Kier alpha value is -1.09. The highest BCUT2D eigenvalue weighted by atomic mass is 79.9. The first-order valence-electron chi connectivity index (χ1n) is 5.07. The molecule has 0 aliphatic heterocycles. The maximum atomic E-state index is 12.6. The summed E-state index contributed by atoms with van der Waals surface area (Å²) in [5.74, 6) is -1.10. The van der Waals surface area contributed by atoms with Gasteiger partial charge in [-0.25, -0.2) is 4.68 Å². The lowest BCUT2D eigenvalue weighted by molar-refractivity contribution is -0.147. The third kappa shape index (κ3) is 3.27. The second kappa shape index (κ2) is 5.49. The molecule has 0 saturated heterocycles. The first-order chi connectivity index (χ1) is 8.91. The zero-order valence-corrected chi connectivity index (χ0v) is 12.1. The second-order valence-electron chi connectivity index (χ2n) is 3.63. The van der Waals surface area contributed by atoms with Crippen LogP contribution in [0.15, 0.2) is 27.6 Å². The Balaban J connectivity index is 2.27. The number of halogens is 4. The fourth-order valence-corrected chi connectivity index (χ4v) is 2.87. The van der Waals surface area contributed by atoms with Gasteiger partial charge >= 0.3 is 6.18 Å². The molecule has 0 spiro atoms. The summed E-state index contributed by atoms with van der Waals surface area (Å²) in [5.41, 5.74) is 0.683. The molecule has 4 nitrogen and oxygen atoms in total. The van der Waals surface area contributed by atoms with Crippen LogP contribution in [0.25, 0.3) is 0 Å². The van der Waals surface area contributed by atoms with Crippen molar-refractivity contribution < 1.29 is 13.2 Å². The Bertz CT molecular complexity index is 584. The van der Waals surface area contributed by atoms with Crippen LogP contribution in [-0.2, 0) is 12.7 Å². The fourth-order valence-electron chi connectivity index (χ4n) is 1.50. The number of hydrogen-bond donors (Lipinski definition) is 0. The zero-order chi connectivity index (χ0) is 14.0.